The first-order chi connectivity index (χ1) is 12.4. The first kappa shape index (κ1) is 15.3. The molecule has 0 fully saturated rings. The minimum Gasteiger partial charge on any atom is -0.154 e. The van der Waals surface area contributed by atoms with Crippen LogP contribution in [-0.2, 0) is 0 Å². The molecular weight excluding hydrogens is 304 g/mol. The molecule has 0 N–H and O–H groups in total. The average molecular weight is 322 g/mol. The van der Waals surface area contributed by atoms with Crippen LogP contribution in [-0.4, -0.2) is 11.4 Å². The maximum Gasteiger partial charge on any atom is 0.0932 e. The molecule has 4 rings (SSSR count). The molecule has 1 heterocycles. The summed E-state index contributed by atoms with van der Waals surface area (Å²) in [7, 11) is 0. The Bertz CT molecular complexity index is 937. The lowest BCUT2D eigenvalue weighted by atomic mass is 9.95. The van der Waals surface area contributed by atoms with Crippen molar-refractivity contribution in [2.45, 2.75) is 6.42 Å². The largest absolute Gasteiger partial charge is 0.154 e. The third-order valence-electron chi connectivity index (χ3n) is 4.27. The molecule has 2 nitrogen and oxygen atoms in total. The second-order valence-corrected chi connectivity index (χ2v) is 5.98. The Balaban J connectivity index is 1.82. The summed E-state index contributed by atoms with van der Waals surface area (Å²) in [4.78, 5) is 0. The molecule has 120 valence electrons. The number of allylic oxidation sites excluding steroid dienone is 2. The summed E-state index contributed by atoms with van der Waals surface area (Å²) < 4.78 is 0. The summed E-state index contributed by atoms with van der Waals surface area (Å²) >= 11 is 0. The predicted octanol–water partition coefficient (Wildman–Crippen LogP) is 5.37. The molecule has 1 aliphatic rings. The molecule has 3 aromatic carbocycles. The normalized spacial score (nSPS) is 14.2. The van der Waals surface area contributed by atoms with E-state index in [1.54, 1.807) is 0 Å². The van der Waals surface area contributed by atoms with Crippen molar-refractivity contribution < 1.29 is 0 Å². The molecule has 3 aromatic rings. The van der Waals surface area contributed by atoms with Gasteiger partial charge in [0.25, 0.3) is 0 Å². The molecule has 0 spiro atoms. The molecule has 0 atom stereocenters. The van der Waals surface area contributed by atoms with Gasteiger partial charge in [-0.25, -0.2) is 0 Å². The predicted molar refractivity (Wildman–Crippen MR) is 105 cm³/mol. The zero-order chi connectivity index (χ0) is 16.9. The Kier molecular flexibility index (Phi) is 4.34. The first-order valence-corrected chi connectivity index (χ1v) is 8.41. The highest BCUT2D eigenvalue weighted by molar-refractivity contribution is 6.17. The van der Waals surface area contributed by atoms with Crippen molar-refractivity contribution >= 4 is 17.0 Å². The van der Waals surface area contributed by atoms with Gasteiger partial charge in [-0.3, -0.25) is 0 Å². The van der Waals surface area contributed by atoms with Crippen LogP contribution in [0.25, 0.3) is 5.57 Å². The van der Waals surface area contributed by atoms with Gasteiger partial charge in [0, 0.05) is 12.0 Å². The highest BCUT2D eigenvalue weighted by Gasteiger charge is 2.14. The van der Waals surface area contributed by atoms with Crippen LogP contribution in [0.4, 0.5) is 0 Å². The van der Waals surface area contributed by atoms with Crippen molar-refractivity contribution in [3.63, 3.8) is 0 Å². The third-order valence-corrected chi connectivity index (χ3v) is 4.27. The van der Waals surface area contributed by atoms with Crippen LogP contribution in [0.3, 0.4) is 0 Å². The van der Waals surface area contributed by atoms with E-state index in [-0.39, 0.29) is 0 Å². The van der Waals surface area contributed by atoms with E-state index in [9.17, 15) is 0 Å². The van der Waals surface area contributed by atoms with E-state index in [1.807, 2.05) is 42.5 Å². The highest BCUT2D eigenvalue weighted by atomic mass is 15.2. The van der Waals surface area contributed by atoms with Gasteiger partial charge in [0.1, 0.15) is 0 Å². The van der Waals surface area contributed by atoms with Crippen LogP contribution in [0.2, 0.25) is 0 Å². The van der Waals surface area contributed by atoms with Gasteiger partial charge < -0.3 is 0 Å². The van der Waals surface area contributed by atoms with E-state index in [1.165, 1.54) is 11.1 Å². The van der Waals surface area contributed by atoms with Gasteiger partial charge >= 0.3 is 0 Å². The molecule has 25 heavy (non-hydrogen) atoms. The summed E-state index contributed by atoms with van der Waals surface area (Å²) in [5, 5.41) is 9.13. The van der Waals surface area contributed by atoms with Gasteiger partial charge in [-0.05, 0) is 22.8 Å². The van der Waals surface area contributed by atoms with E-state index in [4.69, 9.17) is 0 Å². The summed E-state index contributed by atoms with van der Waals surface area (Å²) in [5.74, 6) is 0. The van der Waals surface area contributed by atoms with Gasteiger partial charge in [-0.1, -0.05) is 91.0 Å². The van der Waals surface area contributed by atoms with Gasteiger partial charge in [0.2, 0.25) is 0 Å². The monoisotopic (exact) mass is 322 g/mol. The summed E-state index contributed by atoms with van der Waals surface area (Å²) in [6.07, 6.45) is 2.91. The minimum atomic E-state index is 0.758. The van der Waals surface area contributed by atoms with Crippen LogP contribution in [0.5, 0.6) is 0 Å². The number of nitrogens with zero attached hydrogens (tertiary/aromatic N) is 2. The fraction of sp³-hybridized carbons (Fsp3) is 0.0435. The molecule has 0 aromatic heterocycles. The van der Waals surface area contributed by atoms with E-state index in [2.05, 4.69) is 64.8 Å². The van der Waals surface area contributed by atoms with Crippen molar-refractivity contribution in [3.8, 4) is 0 Å². The molecule has 0 saturated carbocycles. The number of rotatable bonds is 3. The number of benzene rings is 3. The third kappa shape index (κ3) is 3.48. The van der Waals surface area contributed by atoms with Crippen LogP contribution in [0, 0.1) is 0 Å². The van der Waals surface area contributed by atoms with Gasteiger partial charge in [0.05, 0.1) is 11.4 Å². The van der Waals surface area contributed by atoms with Crippen LogP contribution < -0.4 is 0 Å². The Hall–Kier alpha value is -3.26. The van der Waals surface area contributed by atoms with Gasteiger partial charge in [0.15, 0.2) is 0 Å². The van der Waals surface area contributed by atoms with E-state index >= 15 is 0 Å². The molecule has 1 aliphatic heterocycles. The fourth-order valence-corrected chi connectivity index (χ4v) is 2.95. The Morgan fingerprint density at radius 1 is 0.520 bits per heavy atom. The second kappa shape index (κ2) is 7.10. The molecule has 0 amide bonds. The van der Waals surface area contributed by atoms with Gasteiger partial charge in [-0.15, -0.1) is 0 Å². The van der Waals surface area contributed by atoms with E-state index in [0.29, 0.717) is 0 Å². The van der Waals surface area contributed by atoms with E-state index in [0.717, 1.165) is 29.0 Å². The van der Waals surface area contributed by atoms with Crippen LogP contribution in [0.15, 0.2) is 107 Å². The van der Waals surface area contributed by atoms with Crippen molar-refractivity contribution in [2.75, 3.05) is 0 Å². The molecule has 0 unspecified atom stereocenters. The zero-order valence-electron chi connectivity index (χ0n) is 13.8. The second-order valence-electron chi connectivity index (χ2n) is 5.98. The molecule has 0 bridgehead atoms. The van der Waals surface area contributed by atoms with Crippen molar-refractivity contribution in [1.82, 2.24) is 0 Å². The zero-order valence-corrected chi connectivity index (χ0v) is 13.8. The fourth-order valence-electron chi connectivity index (χ4n) is 2.95. The molecule has 0 aliphatic carbocycles. The number of hydrogen-bond acceptors (Lipinski definition) is 2. The maximum absolute atomic E-state index is 4.58. The maximum atomic E-state index is 4.58. The average Bonchev–Trinajstić information content (AvgIpc) is 2.93. The Morgan fingerprint density at radius 3 is 1.64 bits per heavy atom. The SMILES string of the molecule is C1=C(c2ccccc2)CC(c2ccccc2)=NN=C1c1ccccc1. The van der Waals surface area contributed by atoms with Crippen LogP contribution in [0.1, 0.15) is 23.1 Å². The lowest BCUT2D eigenvalue weighted by Gasteiger charge is -2.09. The highest BCUT2D eigenvalue weighted by Crippen LogP contribution is 2.24. The molecule has 0 radical (unpaired) electrons. The summed E-state index contributed by atoms with van der Waals surface area (Å²) in [5.41, 5.74) is 6.50. The quantitative estimate of drug-likeness (QED) is 0.619. The topological polar surface area (TPSA) is 24.7 Å². The first-order valence-electron chi connectivity index (χ1n) is 8.41. The lowest BCUT2D eigenvalue weighted by Crippen LogP contribution is -2.01. The smallest absolute Gasteiger partial charge is 0.0932 e. The lowest BCUT2D eigenvalue weighted by molar-refractivity contribution is 1.22. The molecule has 2 heteroatoms. The summed E-state index contributed by atoms with van der Waals surface area (Å²) in [6, 6.07) is 30.9. The molecule has 0 saturated heterocycles. The van der Waals surface area contributed by atoms with Crippen molar-refractivity contribution in [2.24, 2.45) is 10.2 Å². The Labute approximate surface area is 147 Å². The minimum absolute atomic E-state index is 0.758. The Morgan fingerprint density at radius 2 is 1.04 bits per heavy atom. The van der Waals surface area contributed by atoms with E-state index < -0.39 is 0 Å². The van der Waals surface area contributed by atoms with Crippen molar-refractivity contribution in [3.05, 3.63) is 114 Å². The van der Waals surface area contributed by atoms with Crippen LogP contribution >= 0.6 is 0 Å². The number of hydrogen-bond donors (Lipinski definition) is 0. The summed E-state index contributed by atoms with van der Waals surface area (Å²) in [6.45, 7) is 0. The van der Waals surface area contributed by atoms with Crippen molar-refractivity contribution in [1.29, 1.82) is 0 Å². The molecular formula is C23H18N2. The van der Waals surface area contributed by atoms with Gasteiger partial charge in [-0.2, -0.15) is 10.2 Å². The standard InChI is InChI=1S/C23H18N2/c1-4-10-18(11-5-1)21-16-22(19-12-6-2-7-13-19)24-25-23(17-21)20-14-8-3-9-15-20/h1-16H,17H2.